The third-order valence-corrected chi connectivity index (χ3v) is 4.83. The lowest BCUT2D eigenvalue weighted by Gasteiger charge is -2.35. The van der Waals surface area contributed by atoms with Crippen molar-refractivity contribution >= 4 is 10.2 Å². The van der Waals surface area contributed by atoms with Gasteiger partial charge in [-0.2, -0.15) is 17.0 Å². The molecule has 7 heteroatoms. The fourth-order valence-electron chi connectivity index (χ4n) is 1.94. The summed E-state index contributed by atoms with van der Waals surface area (Å²) in [6.07, 6.45) is -0.0236. The second kappa shape index (κ2) is 4.97. The smallest absolute Gasteiger partial charge is 0.282 e. The molecule has 2 saturated heterocycles. The zero-order valence-electron chi connectivity index (χ0n) is 9.46. The Hall–Kier alpha value is -0.210. The van der Waals surface area contributed by atoms with Gasteiger partial charge in [-0.25, -0.2) is 0 Å². The predicted octanol–water partition coefficient (Wildman–Crippen LogP) is -0.716. The number of nitrogens with zero attached hydrogens (tertiary/aromatic N) is 2. The molecular formula is C9H18N2O4S. The highest BCUT2D eigenvalue weighted by atomic mass is 32.2. The van der Waals surface area contributed by atoms with E-state index in [9.17, 15) is 8.42 Å². The highest BCUT2D eigenvalue weighted by Crippen LogP contribution is 2.14. The van der Waals surface area contributed by atoms with Gasteiger partial charge in [0.15, 0.2) is 0 Å². The summed E-state index contributed by atoms with van der Waals surface area (Å²) in [5.41, 5.74) is 0. The molecule has 0 spiro atoms. The van der Waals surface area contributed by atoms with Crippen LogP contribution in [0, 0.1) is 0 Å². The molecule has 0 aromatic rings. The van der Waals surface area contributed by atoms with Crippen LogP contribution >= 0.6 is 0 Å². The van der Waals surface area contributed by atoms with E-state index in [1.165, 1.54) is 8.61 Å². The lowest BCUT2D eigenvalue weighted by Crippen LogP contribution is -2.53. The van der Waals surface area contributed by atoms with Gasteiger partial charge in [-0.05, 0) is 6.92 Å². The molecule has 16 heavy (non-hydrogen) atoms. The van der Waals surface area contributed by atoms with Crippen molar-refractivity contribution in [3.05, 3.63) is 0 Å². The SMILES string of the molecule is C[C@H]1CN(S(=O)(=O)N2CCOCC2)CCO1. The highest BCUT2D eigenvalue weighted by Gasteiger charge is 2.33. The van der Waals surface area contributed by atoms with E-state index in [1.807, 2.05) is 6.92 Å². The van der Waals surface area contributed by atoms with Crippen molar-refractivity contribution in [2.75, 3.05) is 46.0 Å². The number of morpholine rings is 2. The summed E-state index contributed by atoms with van der Waals surface area (Å²) >= 11 is 0. The lowest BCUT2D eigenvalue weighted by molar-refractivity contribution is 0.00584. The van der Waals surface area contributed by atoms with E-state index in [0.29, 0.717) is 46.0 Å². The van der Waals surface area contributed by atoms with Crippen LogP contribution in [-0.4, -0.2) is 69.1 Å². The second-order valence-electron chi connectivity index (χ2n) is 4.06. The van der Waals surface area contributed by atoms with E-state index in [2.05, 4.69) is 0 Å². The van der Waals surface area contributed by atoms with Gasteiger partial charge >= 0.3 is 0 Å². The Morgan fingerprint density at radius 2 is 1.69 bits per heavy atom. The van der Waals surface area contributed by atoms with E-state index < -0.39 is 10.2 Å². The summed E-state index contributed by atoms with van der Waals surface area (Å²) in [6.45, 7) is 5.13. The van der Waals surface area contributed by atoms with Gasteiger partial charge in [-0.1, -0.05) is 0 Å². The molecule has 0 amide bonds. The quantitative estimate of drug-likeness (QED) is 0.649. The Morgan fingerprint density at radius 3 is 2.31 bits per heavy atom. The molecule has 2 fully saturated rings. The maximum Gasteiger partial charge on any atom is 0.282 e. The van der Waals surface area contributed by atoms with Gasteiger partial charge in [0.1, 0.15) is 0 Å². The largest absolute Gasteiger partial charge is 0.379 e. The summed E-state index contributed by atoms with van der Waals surface area (Å²) in [4.78, 5) is 0. The van der Waals surface area contributed by atoms with Crippen LogP contribution in [0.3, 0.4) is 0 Å². The van der Waals surface area contributed by atoms with Crippen LogP contribution in [-0.2, 0) is 19.7 Å². The predicted molar refractivity (Wildman–Crippen MR) is 58.3 cm³/mol. The highest BCUT2D eigenvalue weighted by molar-refractivity contribution is 7.86. The molecule has 0 radical (unpaired) electrons. The van der Waals surface area contributed by atoms with Crippen molar-refractivity contribution in [1.82, 2.24) is 8.61 Å². The molecule has 94 valence electrons. The van der Waals surface area contributed by atoms with Crippen molar-refractivity contribution in [1.29, 1.82) is 0 Å². The van der Waals surface area contributed by atoms with Crippen molar-refractivity contribution in [2.24, 2.45) is 0 Å². The molecular weight excluding hydrogens is 232 g/mol. The van der Waals surface area contributed by atoms with Gasteiger partial charge < -0.3 is 9.47 Å². The molecule has 0 unspecified atom stereocenters. The number of hydrogen-bond donors (Lipinski definition) is 0. The second-order valence-corrected chi connectivity index (χ2v) is 5.99. The lowest BCUT2D eigenvalue weighted by atomic mass is 10.3. The average Bonchev–Trinajstić information content (AvgIpc) is 2.30. The zero-order chi connectivity index (χ0) is 11.6. The van der Waals surface area contributed by atoms with E-state index >= 15 is 0 Å². The van der Waals surface area contributed by atoms with E-state index in [-0.39, 0.29) is 6.10 Å². The molecule has 0 saturated carbocycles. The fourth-order valence-corrected chi connectivity index (χ4v) is 3.58. The Bertz CT molecular complexity index is 326. The minimum Gasteiger partial charge on any atom is -0.379 e. The number of hydrogen-bond acceptors (Lipinski definition) is 4. The first-order valence-electron chi connectivity index (χ1n) is 5.55. The Labute approximate surface area is 96.3 Å². The van der Waals surface area contributed by atoms with Gasteiger partial charge in [-0.3, -0.25) is 0 Å². The number of rotatable bonds is 2. The molecule has 2 aliphatic rings. The topological polar surface area (TPSA) is 59.1 Å². The van der Waals surface area contributed by atoms with Crippen molar-refractivity contribution < 1.29 is 17.9 Å². The molecule has 0 aromatic heterocycles. The van der Waals surface area contributed by atoms with E-state index in [4.69, 9.17) is 9.47 Å². The van der Waals surface area contributed by atoms with E-state index in [1.54, 1.807) is 0 Å². The first-order chi connectivity index (χ1) is 7.60. The first kappa shape index (κ1) is 12.3. The molecule has 0 aromatic carbocycles. The summed E-state index contributed by atoms with van der Waals surface area (Å²) in [5.74, 6) is 0. The van der Waals surface area contributed by atoms with Crippen molar-refractivity contribution in [3.63, 3.8) is 0 Å². The van der Waals surface area contributed by atoms with Gasteiger partial charge in [-0.15, -0.1) is 0 Å². The molecule has 0 bridgehead atoms. The van der Waals surface area contributed by atoms with Crippen LogP contribution in [0.4, 0.5) is 0 Å². The van der Waals surface area contributed by atoms with Crippen molar-refractivity contribution in [2.45, 2.75) is 13.0 Å². The summed E-state index contributed by atoms with van der Waals surface area (Å²) in [6, 6.07) is 0. The maximum atomic E-state index is 12.2. The molecule has 0 N–H and O–H groups in total. The molecule has 6 nitrogen and oxygen atoms in total. The van der Waals surface area contributed by atoms with Crippen LogP contribution in [0.15, 0.2) is 0 Å². The normalized spacial score (nSPS) is 30.4. The first-order valence-corrected chi connectivity index (χ1v) is 6.95. The number of ether oxygens (including phenoxy) is 2. The summed E-state index contributed by atoms with van der Waals surface area (Å²) in [5, 5.41) is 0. The maximum absolute atomic E-state index is 12.2. The summed E-state index contributed by atoms with van der Waals surface area (Å²) < 4.78 is 38.0. The molecule has 2 rings (SSSR count). The van der Waals surface area contributed by atoms with Gasteiger partial charge in [0.05, 0.1) is 25.9 Å². The minimum absolute atomic E-state index is 0.0236. The zero-order valence-corrected chi connectivity index (χ0v) is 10.3. The molecule has 2 heterocycles. The monoisotopic (exact) mass is 250 g/mol. The fraction of sp³-hybridized carbons (Fsp3) is 1.00. The van der Waals surface area contributed by atoms with Crippen LogP contribution < -0.4 is 0 Å². The van der Waals surface area contributed by atoms with Crippen molar-refractivity contribution in [3.8, 4) is 0 Å². The Morgan fingerprint density at radius 1 is 1.06 bits per heavy atom. The van der Waals surface area contributed by atoms with E-state index in [0.717, 1.165) is 0 Å². The summed E-state index contributed by atoms with van der Waals surface area (Å²) in [7, 11) is -3.31. The van der Waals surface area contributed by atoms with Crippen LogP contribution in [0.5, 0.6) is 0 Å². The molecule has 0 aliphatic carbocycles. The van der Waals surface area contributed by atoms with Crippen LogP contribution in [0.2, 0.25) is 0 Å². The van der Waals surface area contributed by atoms with Crippen LogP contribution in [0.25, 0.3) is 0 Å². The molecule has 1 atom stereocenters. The van der Waals surface area contributed by atoms with Crippen LogP contribution in [0.1, 0.15) is 6.92 Å². The molecule has 2 aliphatic heterocycles. The average molecular weight is 250 g/mol. The Balaban J connectivity index is 2.05. The van der Waals surface area contributed by atoms with Gasteiger partial charge in [0.25, 0.3) is 10.2 Å². The van der Waals surface area contributed by atoms with Gasteiger partial charge in [0.2, 0.25) is 0 Å². The third kappa shape index (κ3) is 2.54. The standard InChI is InChI=1S/C9H18N2O4S/c1-9-8-11(4-7-15-9)16(12,13)10-2-5-14-6-3-10/h9H,2-8H2,1H3/t9-/m0/s1. The minimum atomic E-state index is -3.31. The van der Waals surface area contributed by atoms with Gasteiger partial charge in [0, 0.05) is 26.2 Å². The third-order valence-electron chi connectivity index (χ3n) is 2.83. The Kier molecular flexibility index (Phi) is 3.81.